The van der Waals surface area contributed by atoms with Crippen molar-refractivity contribution in [2.45, 2.75) is 19.3 Å². The molecular weight excluding hydrogens is 350 g/mol. The highest BCUT2D eigenvalue weighted by atomic mass is 16.5. The SMILES string of the molecule is COc1ccc(N2CCN(C(=O)CCCc3c[nH]c4ccccc34)CC2)cc1. The van der Waals surface area contributed by atoms with Crippen molar-refractivity contribution in [1.29, 1.82) is 0 Å². The van der Waals surface area contributed by atoms with Gasteiger partial charge in [-0.2, -0.15) is 0 Å². The Morgan fingerprint density at radius 1 is 1.04 bits per heavy atom. The first-order chi connectivity index (χ1) is 13.7. The number of piperazine rings is 1. The number of para-hydroxylation sites is 1. The zero-order valence-corrected chi connectivity index (χ0v) is 16.4. The predicted octanol–water partition coefficient (Wildman–Crippen LogP) is 3.85. The number of fused-ring (bicyclic) bond motifs is 1. The van der Waals surface area contributed by atoms with Gasteiger partial charge in [0.15, 0.2) is 0 Å². The van der Waals surface area contributed by atoms with Gasteiger partial charge in [-0.15, -0.1) is 0 Å². The highest BCUT2D eigenvalue weighted by Gasteiger charge is 2.21. The van der Waals surface area contributed by atoms with E-state index < -0.39 is 0 Å². The molecule has 5 heteroatoms. The van der Waals surface area contributed by atoms with Crippen molar-refractivity contribution < 1.29 is 9.53 Å². The molecule has 0 saturated carbocycles. The number of hydrogen-bond donors (Lipinski definition) is 1. The number of nitrogens with one attached hydrogen (secondary N) is 1. The number of aryl methyl sites for hydroxylation is 1. The third-order valence-corrected chi connectivity index (χ3v) is 5.58. The first kappa shape index (κ1) is 18.4. The molecule has 1 N–H and O–H groups in total. The number of benzene rings is 2. The molecule has 5 nitrogen and oxygen atoms in total. The van der Waals surface area contributed by atoms with E-state index in [-0.39, 0.29) is 5.91 Å². The fraction of sp³-hybridized carbons (Fsp3) is 0.348. The van der Waals surface area contributed by atoms with Crippen molar-refractivity contribution in [2.24, 2.45) is 0 Å². The Balaban J connectivity index is 1.25. The molecule has 0 atom stereocenters. The van der Waals surface area contributed by atoms with Crippen LogP contribution in [0.3, 0.4) is 0 Å². The van der Waals surface area contributed by atoms with E-state index in [1.807, 2.05) is 23.1 Å². The molecule has 0 bridgehead atoms. The molecular formula is C23H27N3O2. The van der Waals surface area contributed by atoms with Gasteiger partial charge in [-0.1, -0.05) is 18.2 Å². The van der Waals surface area contributed by atoms with Gasteiger partial charge >= 0.3 is 0 Å². The van der Waals surface area contributed by atoms with Crippen molar-refractivity contribution in [3.8, 4) is 5.75 Å². The number of hydrogen-bond acceptors (Lipinski definition) is 3. The summed E-state index contributed by atoms with van der Waals surface area (Å²) in [6, 6.07) is 16.5. The Labute approximate surface area is 165 Å². The number of carbonyl (C=O) groups excluding carboxylic acids is 1. The number of aromatic amines is 1. The molecule has 146 valence electrons. The number of amides is 1. The van der Waals surface area contributed by atoms with Gasteiger partial charge in [-0.05, 0) is 48.7 Å². The minimum absolute atomic E-state index is 0.272. The van der Waals surface area contributed by atoms with Crippen molar-refractivity contribution >= 4 is 22.5 Å². The van der Waals surface area contributed by atoms with Gasteiger partial charge in [0.2, 0.25) is 5.91 Å². The number of aromatic nitrogens is 1. The Hall–Kier alpha value is -2.95. The number of anilines is 1. The molecule has 28 heavy (non-hydrogen) atoms. The first-order valence-electron chi connectivity index (χ1n) is 9.96. The van der Waals surface area contributed by atoms with Crippen LogP contribution in [0.2, 0.25) is 0 Å². The molecule has 1 aromatic heterocycles. The minimum atomic E-state index is 0.272. The highest BCUT2D eigenvalue weighted by molar-refractivity contribution is 5.83. The monoisotopic (exact) mass is 377 g/mol. The predicted molar refractivity (Wildman–Crippen MR) is 113 cm³/mol. The Morgan fingerprint density at radius 3 is 2.54 bits per heavy atom. The quantitative estimate of drug-likeness (QED) is 0.710. The molecule has 3 aromatic rings. The number of H-pyrrole nitrogens is 1. The van der Waals surface area contributed by atoms with Crippen LogP contribution >= 0.6 is 0 Å². The summed E-state index contributed by atoms with van der Waals surface area (Å²) in [6.45, 7) is 3.33. The van der Waals surface area contributed by atoms with Crippen LogP contribution < -0.4 is 9.64 Å². The lowest BCUT2D eigenvalue weighted by Gasteiger charge is -2.36. The molecule has 0 unspecified atom stereocenters. The normalized spacial score (nSPS) is 14.5. The molecule has 1 saturated heterocycles. The van der Waals surface area contributed by atoms with Gasteiger partial charge in [0, 0.05) is 55.4 Å². The molecule has 2 heterocycles. The van der Waals surface area contributed by atoms with E-state index in [2.05, 4.69) is 46.4 Å². The molecule has 0 spiro atoms. The second-order valence-corrected chi connectivity index (χ2v) is 7.28. The third kappa shape index (κ3) is 3.98. The fourth-order valence-corrected chi connectivity index (χ4v) is 3.93. The van der Waals surface area contributed by atoms with Crippen molar-refractivity contribution in [1.82, 2.24) is 9.88 Å². The highest BCUT2D eigenvalue weighted by Crippen LogP contribution is 2.22. The second-order valence-electron chi connectivity index (χ2n) is 7.28. The first-order valence-corrected chi connectivity index (χ1v) is 9.96. The molecule has 1 fully saturated rings. The van der Waals surface area contributed by atoms with E-state index in [9.17, 15) is 4.79 Å². The summed E-state index contributed by atoms with van der Waals surface area (Å²) in [5, 5.41) is 1.27. The van der Waals surface area contributed by atoms with Gasteiger partial charge < -0.3 is 19.5 Å². The van der Waals surface area contributed by atoms with Crippen LogP contribution in [0.4, 0.5) is 5.69 Å². The maximum atomic E-state index is 12.6. The summed E-state index contributed by atoms with van der Waals surface area (Å²) in [5.41, 5.74) is 3.65. The second kappa shape index (κ2) is 8.38. The Morgan fingerprint density at radius 2 is 1.79 bits per heavy atom. The summed E-state index contributed by atoms with van der Waals surface area (Å²) in [5.74, 6) is 1.14. The van der Waals surface area contributed by atoms with E-state index in [1.165, 1.54) is 22.2 Å². The summed E-state index contributed by atoms with van der Waals surface area (Å²) in [6.07, 6.45) is 4.51. The van der Waals surface area contributed by atoms with Crippen LogP contribution in [-0.4, -0.2) is 49.1 Å². The number of carbonyl (C=O) groups is 1. The van der Waals surface area contributed by atoms with Gasteiger partial charge in [0.25, 0.3) is 0 Å². The van der Waals surface area contributed by atoms with Gasteiger partial charge in [-0.25, -0.2) is 0 Å². The van der Waals surface area contributed by atoms with Crippen LogP contribution in [0.5, 0.6) is 5.75 Å². The van der Waals surface area contributed by atoms with E-state index >= 15 is 0 Å². The molecule has 1 amide bonds. The van der Waals surface area contributed by atoms with E-state index in [0.717, 1.165) is 44.8 Å². The molecule has 1 aliphatic rings. The third-order valence-electron chi connectivity index (χ3n) is 5.58. The number of rotatable bonds is 6. The van der Waals surface area contributed by atoms with Crippen molar-refractivity contribution in [3.63, 3.8) is 0 Å². The van der Waals surface area contributed by atoms with E-state index in [0.29, 0.717) is 6.42 Å². The van der Waals surface area contributed by atoms with E-state index in [1.54, 1.807) is 7.11 Å². The van der Waals surface area contributed by atoms with Gasteiger partial charge in [0.1, 0.15) is 5.75 Å². The average Bonchev–Trinajstić information content (AvgIpc) is 3.17. The average molecular weight is 377 g/mol. The Kier molecular flexibility index (Phi) is 5.51. The largest absolute Gasteiger partial charge is 0.497 e. The maximum absolute atomic E-state index is 12.6. The zero-order chi connectivity index (χ0) is 19.3. The Bertz CT molecular complexity index is 924. The van der Waals surface area contributed by atoms with Gasteiger partial charge in [-0.3, -0.25) is 4.79 Å². The summed E-state index contributed by atoms with van der Waals surface area (Å²) >= 11 is 0. The lowest BCUT2D eigenvalue weighted by molar-refractivity contribution is -0.131. The lowest BCUT2D eigenvalue weighted by Crippen LogP contribution is -2.48. The van der Waals surface area contributed by atoms with E-state index in [4.69, 9.17) is 4.74 Å². The number of ether oxygens (including phenoxy) is 1. The van der Waals surface area contributed by atoms with Crippen LogP contribution in [0, 0.1) is 0 Å². The molecule has 0 aliphatic carbocycles. The minimum Gasteiger partial charge on any atom is -0.497 e. The van der Waals surface area contributed by atoms with Crippen LogP contribution in [0.25, 0.3) is 10.9 Å². The topological polar surface area (TPSA) is 48.6 Å². The summed E-state index contributed by atoms with van der Waals surface area (Å²) in [7, 11) is 1.68. The number of nitrogens with zero attached hydrogens (tertiary/aromatic N) is 2. The van der Waals surface area contributed by atoms with Gasteiger partial charge in [0.05, 0.1) is 7.11 Å². The fourth-order valence-electron chi connectivity index (χ4n) is 3.93. The standard InChI is InChI=1S/C23H27N3O2/c1-28-20-11-9-19(10-12-20)25-13-15-26(16-14-25)23(27)8-4-5-18-17-24-22-7-3-2-6-21(18)22/h2-3,6-7,9-12,17,24H,4-5,8,13-16H2,1H3. The molecule has 0 radical (unpaired) electrons. The molecule has 4 rings (SSSR count). The lowest BCUT2D eigenvalue weighted by atomic mass is 10.1. The number of methoxy groups -OCH3 is 1. The molecule has 1 aliphatic heterocycles. The summed E-state index contributed by atoms with van der Waals surface area (Å²) in [4.78, 5) is 20.2. The summed E-state index contributed by atoms with van der Waals surface area (Å²) < 4.78 is 5.22. The molecule has 2 aromatic carbocycles. The van der Waals surface area contributed by atoms with Crippen molar-refractivity contribution in [2.75, 3.05) is 38.2 Å². The van der Waals surface area contributed by atoms with Crippen LogP contribution in [-0.2, 0) is 11.2 Å². The van der Waals surface area contributed by atoms with Crippen LogP contribution in [0.1, 0.15) is 18.4 Å². The maximum Gasteiger partial charge on any atom is 0.222 e. The van der Waals surface area contributed by atoms with Crippen molar-refractivity contribution in [3.05, 3.63) is 60.3 Å². The zero-order valence-electron chi connectivity index (χ0n) is 16.4. The van der Waals surface area contributed by atoms with Crippen LogP contribution in [0.15, 0.2) is 54.7 Å². The smallest absolute Gasteiger partial charge is 0.222 e.